The van der Waals surface area contributed by atoms with Crippen molar-refractivity contribution in [2.75, 3.05) is 11.4 Å². The lowest BCUT2D eigenvalue weighted by molar-refractivity contribution is 0.112. The fourth-order valence-corrected chi connectivity index (χ4v) is 2.23. The fraction of sp³-hybridized carbons (Fsp3) is 0.231. The molecule has 3 rings (SSSR count). The maximum atomic E-state index is 13.9. The van der Waals surface area contributed by atoms with Gasteiger partial charge in [0, 0.05) is 31.0 Å². The van der Waals surface area contributed by atoms with E-state index in [0.717, 1.165) is 18.9 Å². The third-order valence-electron chi connectivity index (χ3n) is 3.19. The lowest BCUT2D eigenvalue weighted by Gasteiger charge is -2.29. The topological polar surface area (TPSA) is 38.1 Å². The van der Waals surface area contributed by atoms with E-state index in [4.69, 9.17) is 0 Å². The van der Waals surface area contributed by atoms with Crippen LogP contribution in [0.25, 0.3) is 0 Å². The molecule has 2 heterocycles. The molecule has 0 saturated heterocycles. The van der Waals surface area contributed by atoms with Crippen LogP contribution in [0.4, 0.5) is 10.1 Å². The molecule has 1 aliphatic rings. The summed E-state index contributed by atoms with van der Waals surface area (Å²) >= 11 is 0. The van der Waals surface area contributed by atoms with Crippen molar-refractivity contribution in [2.45, 2.75) is 13.1 Å². The van der Waals surface area contributed by atoms with Crippen LogP contribution in [0.15, 0.2) is 30.6 Å². The number of fused-ring (bicyclic) bond motifs is 1. The van der Waals surface area contributed by atoms with E-state index < -0.39 is 0 Å². The molecule has 1 aromatic heterocycles. The predicted octanol–water partition coefficient (Wildman–Crippen LogP) is 1.85. The minimum atomic E-state index is -0.361. The Kier molecular flexibility index (Phi) is 2.59. The highest BCUT2D eigenvalue weighted by atomic mass is 19.1. The number of halogens is 1. The lowest BCUT2D eigenvalue weighted by atomic mass is 10.2. The lowest BCUT2D eigenvalue weighted by Crippen LogP contribution is -2.34. The summed E-state index contributed by atoms with van der Waals surface area (Å²) in [4.78, 5) is 16.8. The molecular weight excluding hydrogens is 233 g/mol. The molecule has 4 nitrogen and oxygen atoms in total. The number of aldehydes is 1. The van der Waals surface area contributed by atoms with Gasteiger partial charge in [-0.15, -0.1) is 0 Å². The molecule has 0 saturated carbocycles. The van der Waals surface area contributed by atoms with Gasteiger partial charge in [0.05, 0.1) is 12.2 Å². The molecule has 0 N–H and O–H groups in total. The molecule has 0 aliphatic carbocycles. The number of imidazole rings is 1. The predicted molar refractivity (Wildman–Crippen MR) is 65.1 cm³/mol. The molecule has 0 radical (unpaired) electrons. The van der Waals surface area contributed by atoms with E-state index in [9.17, 15) is 9.18 Å². The first-order valence-corrected chi connectivity index (χ1v) is 5.77. The standard InChI is InChI=1S/C13H12FN3O/c14-11-7-10(9-18)1-2-12(11)17-6-5-16-4-3-15-13(16)8-17/h1-4,7,9H,5-6,8H2. The van der Waals surface area contributed by atoms with E-state index in [-0.39, 0.29) is 5.82 Å². The highest BCUT2D eigenvalue weighted by Gasteiger charge is 2.19. The second-order valence-electron chi connectivity index (χ2n) is 4.29. The molecule has 0 amide bonds. The molecular formula is C13H12FN3O. The number of benzene rings is 1. The van der Waals surface area contributed by atoms with Gasteiger partial charge < -0.3 is 9.47 Å². The first kappa shape index (κ1) is 11.0. The summed E-state index contributed by atoms with van der Waals surface area (Å²) in [5.74, 6) is 0.569. The summed E-state index contributed by atoms with van der Waals surface area (Å²) in [5, 5.41) is 0. The smallest absolute Gasteiger partial charge is 0.150 e. The maximum Gasteiger partial charge on any atom is 0.150 e. The molecule has 0 atom stereocenters. The fourth-order valence-electron chi connectivity index (χ4n) is 2.23. The summed E-state index contributed by atoms with van der Waals surface area (Å²) in [5.41, 5.74) is 0.879. The zero-order valence-electron chi connectivity index (χ0n) is 9.71. The molecule has 1 aliphatic heterocycles. The Hall–Kier alpha value is -2.17. The number of hydrogen-bond donors (Lipinski definition) is 0. The van der Waals surface area contributed by atoms with Crippen LogP contribution in [0.2, 0.25) is 0 Å². The highest BCUT2D eigenvalue weighted by molar-refractivity contribution is 5.76. The Bertz CT molecular complexity index is 594. The molecule has 0 spiro atoms. The van der Waals surface area contributed by atoms with Crippen LogP contribution in [0.5, 0.6) is 0 Å². The molecule has 0 bridgehead atoms. The van der Waals surface area contributed by atoms with Gasteiger partial charge in [-0.25, -0.2) is 9.37 Å². The third kappa shape index (κ3) is 1.77. The second kappa shape index (κ2) is 4.25. The molecule has 18 heavy (non-hydrogen) atoms. The summed E-state index contributed by atoms with van der Waals surface area (Å²) in [6.45, 7) is 2.12. The minimum Gasteiger partial charge on any atom is -0.360 e. The van der Waals surface area contributed by atoms with Crippen LogP contribution in [0.3, 0.4) is 0 Å². The maximum absolute atomic E-state index is 13.9. The second-order valence-corrected chi connectivity index (χ2v) is 4.29. The van der Waals surface area contributed by atoms with Crippen LogP contribution in [-0.2, 0) is 13.1 Å². The van der Waals surface area contributed by atoms with E-state index in [1.165, 1.54) is 6.07 Å². The summed E-state index contributed by atoms with van der Waals surface area (Å²) in [6.07, 6.45) is 4.33. The van der Waals surface area contributed by atoms with Crippen molar-refractivity contribution >= 4 is 12.0 Å². The molecule has 92 valence electrons. The quantitative estimate of drug-likeness (QED) is 0.758. The van der Waals surface area contributed by atoms with Gasteiger partial charge in [-0.05, 0) is 18.2 Å². The van der Waals surface area contributed by atoms with Gasteiger partial charge in [-0.3, -0.25) is 4.79 Å². The SMILES string of the molecule is O=Cc1ccc(N2CCn3ccnc3C2)c(F)c1. The third-order valence-corrected chi connectivity index (χ3v) is 3.19. The largest absolute Gasteiger partial charge is 0.360 e. The van der Waals surface area contributed by atoms with Crippen LogP contribution < -0.4 is 4.90 Å². The van der Waals surface area contributed by atoms with E-state index >= 15 is 0 Å². The van der Waals surface area contributed by atoms with Gasteiger partial charge in [0.25, 0.3) is 0 Å². The Morgan fingerprint density at radius 3 is 3.00 bits per heavy atom. The monoisotopic (exact) mass is 245 g/mol. The Morgan fingerprint density at radius 1 is 1.33 bits per heavy atom. The van der Waals surface area contributed by atoms with Crippen molar-refractivity contribution in [3.63, 3.8) is 0 Å². The molecule has 1 aromatic carbocycles. The van der Waals surface area contributed by atoms with Crippen molar-refractivity contribution in [3.8, 4) is 0 Å². The molecule has 0 fully saturated rings. The number of nitrogens with zero attached hydrogens (tertiary/aromatic N) is 3. The van der Waals surface area contributed by atoms with Crippen molar-refractivity contribution in [2.24, 2.45) is 0 Å². The number of aromatic nitrogens is 2. The van der Waals surface area contributed by atoms with Gasteiger partial charge in [-0.1, -0.05) is 0 Å². The number of rotatable bonds is 2. The number of anilines is 1. The number of carbonyl (C=O) groups excluding carboxylic acids is 1. The van der Waals surface area contributed by atoms with Crippen LogP contribution in [-0.4, -0.2) is 22.4 Å². The Balaban J connectivity index is 1.90. The average molecular weight is 245 g/mol. The number of carbonyl (C=O) groups is 1. The van der Waals surface area contributed by atoms with Gasteiger partial charge in [-0.2, -0.15) is 0 Å². The van der Waals surface area contributed by atoms with Crippen LogP contribution >= 0.6 is 0 Å². The average Bonchev–Trinajstić information content (AvgIpc) is 2.85. The molecule has 0 unspecified atom stereocenters. The Labute approximate surface area is 104 Å². The summed E-state index contributed by atoms with van der Waals surface area (Å²) in [6, 6.07) is 4.55. The van der Waals surface area contributed by atoms with E-state index in [2.05, 4.69) is 9.55 Å². The van der Waals surface area contributed by atoms with Crippen molar-refractivity contribution in [3.05, 3.63) is 47.8 Å². The Morgan fingerprint density at radius 2 is 2.22 bits per heavy atom. The van der Waals surface area contributed by atoms with E-state index in [1.807, 2.05) is 11.1 Å². The zero-order chi connectivity index (χ0) is 12.5. The minimum absolute atomic E-state index is 0.356. The van der Waals surface area contributed by atoms with Crippen molar-refractivity contribution in [1.29, 1.82) is 0 Å². The zero-order valence-corrected chi connectivity index (χ0v) is 9.71. The molecule has 5 heteroatoms. The van der Waals surface area contributed by atoms with Crippen LogP contribution in [0.1, 0.15) is 16.2 Å². The highest BCUT2D eigenvalue weighted by Crippen LogP contribution is 2.24. The van der Waals surface area contributed by atoms with E-state index in [1.54, 1.807) is 18.3 Å². The molecule has 2 aromatic rings. The van der Waals surface area contributed by atoms with Crippen molar-refractivity contribution in [1.82, 2.24) is 9.55 Å². The normalized spacial score (nSPS) is 14.4. The summed E-state index contributed by atoms with van der Waals surface area (Å²) in [7, 11) is 0. The van der Waals surface area contributed by atoms with Crippen LogP contribution in [0, 0.1) is 5.82 Å². The summed E-state index contributed by atoms with van der Waals surface area (Å²) < 4.78 is 16.0. The van der Waals surface area contributed by atoms with Gasteiger partial charge in [0.1, 0.15) is 17.9 Å². The first-order valence-electron chi connectivity index (χ1n) is 5.77. The van der Waals surface area contributed by atoms with Gasteiger partial charge in [0.15, 0.2) is 0 Å². The van der Waals surface area contributed by atoms with Gasteiger partial charge in [0.2, 0.25) is 0 Å². The number of hydrogen-bond acceptors (Lipinski definition) is 3. The van der Waals surface area contributed by atoms with E-state index in [0.29, 0.717) is 24.1 Å². The van der Waals surface area contributed by atoms with Crippen molar-refractivity contribution < 1.29 is 9.18 Å². The van der Waals surface area contributed by atoms with Gasteiger partial charge >= 0.3 is 0 Å². The first-order chi connectivity index (χ1) is 8.78.